The fraction of sp³-hybridized carbons (Fsp3) is 0.263. The van der Waals surface area contributed by atoms with Crippen LogP contribution in [-0.2, 0) is 20.9 Å². The number of anilines is 1. The van der Waals surface area contributed by atoms with Crippen LogP contribution in [0, 0.1) is 0 Å². The third-order valence-corrected chi connectivity index (χ3v) is 4.61. The Balaban J connectivity index is 1.96. The highest BCUT2D eigenvalue weighted by Gasteiger charge is 2.22. The number of carbonyl (C=O) groups excluding carboxylic acids is 4. The summed E-state index contributed by atoms with van der Waals surface area (Å²) in [4.78, 5) is 47.9. The van der Waals surface area contributed by atoms with Crippen molar-refractivity contribution in [3.8, 4) is 0 Å². The van der Waals surface area contributed by atoms with Crippen molar-refractivity contribution in [2.75, 3.05) is 5.32 Å². The van der Waals surface area contributed by atoms with Gasteiger partial charge in [-0.1, -0.05) is 0 Å². The Morgan fingerprint density at radius 1 is 1.00 bits per heavy atom. The molecule has 2 aromatic rings. The summed E-state index contributed by atoms with van der Waals surface area (Å²) in [6, 6.07) is 9.60. The number of ketones is 1. The Morgan fingerprint density at radius 3 is 2.26 bits per heavy atom. The Bertz CT molecular complexity index is 857. The summed E-state index contributed by atoms with van der Waals surface area (Å²) < 4.78 is 5.24. The number of benzene rings is 1. The molecule has 2 N–H and O–H groups in total. The first kappa shape index (κ1) is 20.3. The number of nitrogens with one attached hydrogen (secondary N) is 2. The molecule has 0 radical (unpaired) electrons. The van der Waals surface area contributed by atoms with Gasteiger partial charge in [-0.05, 0) is 43.3 Å². The molecule has 142 valence electrons. The van der Waals surface area contributed by atoms with E-state index in [0.717, 1.165) is 4.88 Å². The lowest BCUT2D eigenvalue weighted by Crippen LogP contribution is -2.23. The maximum Gasteiger partial charge on any atom is 0.338 e. The average Bonchev–Trinajstić information content (AvgIpc) is 3.08. The number of esters is 1. The molecular formula is C19H20N2O5S. The lowest BCUT2D eigenvalue weighted by Gasteiger charge is -2.11. The molecule has 0 saturated carbocycles. The second kappa shape index (κ2) is 9.09. The zero-order chi connectivity index (χ0) is 20.0. The highest BCUT2D eigenvalue weighted by Crippen LogP contribution is 2.20. The van der Waals surface area contributed by atoms with E-state index in [9.17, 15) is 19.2 Å². The molecular weight excluding hydrogens is 368 g/mol. The predicted molar refractivity (Wildman–Crippen MR) is 102 cm³/mol. The Labute approximate surface area is 160 Å². The SMILES string of the molecule is CC(=O)NCc1ccc(C(=O)C(C)OC(=O)c2ccc(NC(C)=O)cc2)s1. The van der Waals surface area contributed by atoms with Crippen LogP contribution in [-0.4, -0.2) is 29.7 Å². The van der Waals surface area contributed by atoms with Crippen molar-refractivity contribution in [2.24, 2.45) is 0 Å². The summed E-state index contributed by atoms with van der Waals surface area (Å²) in [7, 11) is 0. The van der Waals surface area contributed by atoms with Crippen LogP contribution in [0.3, 0.4) is 0 Å². The maximum absolute atomic E-state index is 12.4. The molecule has 1 aromatic heterocycles. The zero-order valence-electron chi connectivity index (χ0n) is 15.2. The van der Waals surface area contributed by atoms with E-state index < -0.39 is 12.1 Å². The zero-order valence-corrected chi connectivity index (χ0v) is 16.0. The van der Waals surface area contributed by atoms with Gasteiger partial charge in [-0.25, -0.2) is 4.79 Å². The van der Waals surface area contributed by atoms with Crippen LogP contribution < -0.4 is 10.6 Å². The molecule has 27 heavy (non-hydrogen) atoms. The molecule has 1 aromatic carbocycles. The van der Waals surface area contributed by atoms with Gasteiger partial charge >= 0.3 is 5.97 Å². The van der Waals surface area contributed by atoms with Gasteiger partial charge in [0.1, 0.15) is 0 Å². The number of hydrogen-bond acceptors (Lipinski definition) is 6. The molecule has 1 atom stereocenters. The molecule has 0 aliphatic rings. The van der Waals surface area contributed by atoms with Gasteiger partial charge in [0.15, 0.2) is 6.10 Å². The summed E-state index contributed by atoms with van der Waals surface area (Å²) >= 11 is 1.25. The number of hydrogen-bond donors (Lipinski definition) is 2. The highest BCUT2D eigenvalue weighted by atomic mass is 32.1. The van der Waals surface area contributed by atoms with E-state index in [1.807, 2.05) is 0 Å². The number of amides is 2. The summed E-state index contributed by atoms with van der Waals surface area (Å²) in [5, 5.41) is 5.26. The van der Waals surface area contributed by atoms with E-state index in [4.69, 9.17) is 4.74 Å². The van der Waals surface area contributed by atoms with Crippen molar-refractivity contribution in [1.82, 2.24) is 5.32 Å². The fourth-order valence-electron chi connectivity index (χ4n) is 2.19. The second-order valence-corrected chi connectivity index (χ2v) is 7.01. The van der Waals surface area contributed by atoms with Crippen LogP contribution in [0.2, 0.25) is 0 Å². The molecule has 0 saturated heterocycles. The molecule has 0 aliphatic carbocycles. The summed E-state index contributed by atoms with van der Waals surface area (Å²) in [5.74, 6) is -1.29. The Morgan fingerprint density at radius 2 is 1.67 bits per heavy atom. The molecule has 1 heterocycles. The normalized spacial score (nSPS) is 11.4. The summed E-state index contributed by atoms with van der Waals surface area (Å²) in [6.07, 6.45) is -0.945. The molecule has 0 aliphatic heterocycles. The van der Waals surface area contributed by atoms with Crippen LogP contribution in [0.5, 0.6) is 0 Å². The summed E-state index contributed by atoms with van der Waals surface area (Å²) in [5.41, 5.74) is 0.842. The smallest absolute Gasteiger partial charge is 0.338 e. The van der Waals surface area contributed by atoms with Crippen molar-refractivity contribution in [1.29, 1.82) is 0 Å². The van der Waals surface area contributed by atoms with Crippen LogP contribution >= 0.6 is 11.3 Å². The van der Waals surface area contributed by atoms with E-state index in [0.29, 0.717) is 17.1 Å². The first-order valence-electron chi connectivity index (χ1n) is 8.22. The molecule has 2 amide bonds. The number of carbonyl (C=O) groups is 4. The first-order chi connectivity index (χ1) is 12.8. The van der Waals surface area contributed by atoms with Gasteiger partial charge in [-0.3, -0.25) is 14.4 Å². The van der Waals surface area contributed by atoms with Crippen LogP contribution in [0.25, 0.3) is 0 Å². The molecule has 2 rings (SSSR count). The minimum absolute atomic E-state index is 0.150. The van der Waals surface area contributed by atoms with Crippen LogP contribution in [0.4, 0.5) is 5.69 Å². The van der Waals surface area contributed by atoms with Crippen molar-refractivity contribution in [3.05, 3.63) is 51.7 Å². The van der Waals surface area contributed by atoms with Crippen molar-refractivity contribution in [2.45, 2.75) is 33.4 Å². The van der Waals surface area contributed by atoms with Gasteiger partial charge in [0.2, 0.25) is 17.6 Å². The number of thiophene rings is 1. The van der Waals surface area contributed by atoms with Gasteiger partial charge in [0, 0.05) is 24.4 Å². The Hall–Kier alpha value is -3.00. The van der Waals surface area contributed by atoms with Crippen molar-refractivity contribution < 1.29 is 23.9 Å². The first-order valence-corrected chi connectivity index (χ1v) is 9.04. The van der Waals surface area contributed by atoms with Crippen molar-refractivity contribution >= 4 is 40.6 Å². The molecule has 0 fully saturated rings. The van der Waals surface area contributed by atoms with Gasteiger partial charge in [-0.2, -0.15) is 0 Å². The quantitative estimate of drug-likeness (QED) is 0.561. The van der Waals surface area contributed by atoms with E-state index in [2.05, 4.69) is 10.6 Å². The second-order valence-electron chi connectivity index (χ2n) is 5.85. The predicted octanol–water partition coefficient (Wildman–Crippen LogP) is 2.77. The third-order valence-electron chi connectivity index (χ3n) is 3.51. The van der Waals surface area contributed by atoms with Gasteiger partial charge in [0.05, 0.1) is 17.0 Å². The van der Waals surface area contributed by atoms with E-state index in [1.54, 1.807) is 24.3 Å². The largest absolute Gasteiger partial charge is 0.451 e. The molecule has 0 bridgehead atoms. The Kier molecular flexibility index (Phi) is 6.84. The lowest BCUT2D eigenvalue weighted by atomic mass is 10.2. The molecule has 1 unspecified atom stereocenters. The highest BCUT2D eigenvalue weighted by molar-refractivity contribution is 7.14. The molecule has 0 spiro atoms. The van der Waals surface area contributed by atoms with Gasteiger partial charge < -0.3 is 15.4 Å². The summed E-state index contributed by atoms with van der Waals surface area (Å²) in [6.45, 7) is 4.67. The van der Waals surface area contributed by atoms with E-state index in [1.165, 1.54) is 44.2 Å². The lowest BCUT2D eigenvalue weighted by molar-refractivity contribution is -0.119. The van der Waals surface area contributed by atoms with Gasteiger partial charge in [-0.15, -0.1) is 11.3 Å². The average molecular weight is 388 g/mol. The number of rotatable bonds is 7. The minimum Gasteiger partial charge on any atom is -0.451 e. The maximum atomic E-state index is 12.4. The minimum atomic E-state index is -0.945. The van der Waals surface area contributed by atoms with Crippen LogP contribution in [0.15, 0.2) is 36.4 Å². The standard InChI is InChI=1S/C19H20N2O5S/c1-11(18(24)17-9-8-16(27-17)10-20-12(2)22)26-19(25)14-4-6-15(7-5-14)21-13(3)23/h4-9,11H,10H2,1-3H3,(H,20,22)(H,21,23). The van der Waals surface area contributed by atoms with E-state index in [-0.39, 0.29) is 23.2 Å². The fourth-order valence-corrected chi connectivity index (χ4v) is 3.16. The van der Waals surface area contributed by atoms with E-state index >= 15 is 0 Å². The van der Waals surface area contributed by atoms with Crippen LogP contribution in [0.1, 0.15) is 45.7 Å². The number of ether oxygens (including phenoxy) is 1. The third kappa shape index (κ3) is 6.03. The molecule has 8 heteroatoms. The topological polar surface area (TPSA) is 102 Å². The van der Waals surface area contributed by atoms with Gasteiger partial charge in [0.25, 0.3) is 0 Å². The monoisotopic (exact) mass is 388 g/mol. The number of Topliss-reactive ketones (excluding diaryl/α,β-unsaturated/α-hetero) is 1. The van der Waals surface area contributed by atoms with Crippen molar-refractivity contribution in [3.63, 3.8) is 0 Å². The molecule has 7 nitrogen and oxygen atoms in total.